The molecule has 0 radical (unpaired) electrons. The highest BCUT2D eigenvalue weighted by Gasteiger charge is 2.02. The number of halogens is 1. The lowest BCUT2D eigenvalue weighted by Gasteiger charge is -2.11. The monoisotopic (exact) mass is 411 g/mol. The molecule has 1 rings (SSSR count). The molecule has 0 spiro atoms. The van der Waals surface area contributed by atoms with Gasteiger partial charge in [0.2, 0.25) is 5.89 Å². The number of ether oxygens (including phenoxy) is 1. The van der Waals surface area contributed by atoms with Crippen molar-refractivity contribution in [2.75, 3.05) is 33.4 Å². The lowest BCUT2D eigenvalue weighted by Crippen LogP contribution is -2.38. The van der Waals surface area contributed by atoms with Crippen LogP contribution in [0.1, 0.15) is 31.5 Å². The molecule has 0 fully saturated rings. The van der Waals surface area contributed by atoms with Crippen molar-refractivity contribution >= 4 is 29.9 Å². The normalized spacial score (nSPS) is 11.1. The van der Waals surface area contributed by atoms with Crippen LogP contribution in [0.25, 0.3) is 0 Å². The van der Waals surface area contributed by atoms with Gasteiger partial charge in [0.05, 0.1) is 0 Å². The van der Waals surface area contributed by atoms with Crippen LogP contribution >= 0.6 is 24.0 Å². The number of rotatable bonds is 9. The lowest BCUT2D eigenvalue weighted by atomic mass is 10.3. The summed E-state index contributed by atoms with van der Waals surface area (Å²) >= 11 is 0. The first kappa shape index (κ1) is 20.1. The maximum atomic E-state index is 5.27. The molecule has 0 unspecified atom stereocenters. The van der Waals surface area contributed by atoms with Gasteiger partial charge in [-0.15, -0.1) is 24.0 Å². The number of aliphatic imine (C=N–C) groups is 1. The molecule has 0 atom stereocenters. The molecular weight excluding hydrogens is 385 g/mol. The minimum Gasteiger partial charge on any atom is -0.382 e. The molecule has 21 heavy (non-hydrogen) atoms. The summed E-state index contributed by atoms with van der Waals surface area (Å²) in [5.41, 5.74) is 0. The van der Waals surface area contributed by atoms with Crippen LogP contribution in [0.2, 0.25) is 0 Å². The molecule has 8 heteroatoms. The number of nitrogens with one attached hydrogen (secondary N) is 2. The molecule has 0 saturated carbocycles. The zero-order chi connectivity index (χ0) is 14.6. The van der Waals surface area contributed by atoms with Gasteiger partial charge in [0, 0.05) is 39.8 Å². The van der Waals surface area contributed by atoms with Crippen molar-refractivity contribution < 1.29 is 9.26 Å². The third-order valence-corrected chi connectivity index (χ3v) is 2.62. The van der Waals surface area contributed by atoms with E-state index in [-0.39, 0.29) is 24.0 Å². The predicted molar refractivity (Wildman–Crippen MR) is 93.2 cm³/mol. The second-order valence-corrected chi connectivity index (χ2v) is 4.32. The van der Waals surface area contributed by atoms with Gasteiger partial charge in [0.25, 0.3) is 0 Å². The highest BCUT2D eigenvalue weighted by molar-refractivity contribution is 14.0. The Labute approximate surface area is 143 Å². The molecule has 0 aliphatic carbocycles. The first-order valence-corrected chi connectivity index (χ1v) is 7.07. The van der Waals surface area contributed by atoms with Crippen molar-refractivity contribution in [3.63, 3.8) is 0 Å². The van der Waals surface area contributed by atoms with Crippen LogP contribution in [-0.2, 0) is 11.2 Å². The van der Waals surface area contributed by atoms with Gasteiger partial charge in [-0.25, -0.2) is 0 Å². The van der Waals surface area contributed by atoms with E-state index in [4.69, 9.17) is 9.26 Å². The average Bonchev–Trinajstić information content (AvgIpc) is 2.86. The van der Waals surface area contributed by atoms with Crippen LogP contribution in [0, 0.1) is 6.92 Å². The van der Waals surface area contributed by atoms with Gasteiger partial charge >= 0.3 is 0 Å². The van der Waals surface area contributed by atoms with Gasteiger partial charge in [0.15, 0.2) is 11.8 Å². The standard InChI is InChI=1S/C13H25N5O2.HI/c1-4-19-10-6-9-16-13(14-3)15-8-5-7-12-17-11(2)18-20-12;/h4-10H2,1-3H3,(H2,14,15,16);1H. The first-order valence-electron chi connectivity index (χ1n) is 7.07. The smallest absolute Gasteiger partial charge is 0.226 e. The van der Waals surface area contributed by atoms with Gasteiger partial charge < -0.3 is 19.9 Å². The molecule has 0 saturated heterocycles. The predicted octanol–water partition coefficient (Wildman–Crippen LogP) is 1.52. The topological polar surface area (TPSA) is 84.6 Å². The maximum absolute atomic E-state index is 5.27. The zero-order valence-electron chi connectivity index (χ0n) is 13.0. The fraction of sp³-hybridized carbons (Fsp3) is 0.769. The molecular formula is C13H26IN5O2. The van der Waals surface area contributed by atoms with Crippen LogP contribution in [0.3, 0.4) is 0 Å². The molecule has 0 aromatic carbocycles. The summed E-state index contributed by atoms with van der Waals surface area (Å²) in [5, 5.41) is 10.2. The van der Waals surface area contributed by atoms with Crippen LogP contribution < -0.4 is 10.6 Å². The number of nitrogens with zero attached hydrogens (tertiary/aromatic N) is 3. The highest BCUT2D eigenvalue weighted by Crippen LogP contribution is 1.98. The molecule has 0 aliphatic heterocycles. The fourth-order valence-electron chi connectivity index (χ4n) is 1.63. The Morgan fingerprint density at radius 1 is 1.29 bits per heavy atom. The molecule has 0 bridgehead atoms. The van der Waals surface area contributed by atoms with Crippen molar-refractivity contribution in [1.29, 1.82) is 0 Å². The van der Waals surface area contributed by atoms with Crippen molar-refractivity contribution in [2.24, 2.45) is 4.99 Å². The Hall–Kier alpha value is -0.900. The Morgan fingerprint density at radius 3 is 2.57 bits per heavy atom. The van der Waals surface area contributed by atoms with E-state index in [9.17, 15) is 0 Å². The minimum absolute atomic E-state index is 0. The third-order valence-electron chi connectivity index (χ3n) is 2.62. The Balaban J connectivity index is 0.00000400. The van der Waals surface area contributed by atoms with Crippen molar-refractivity contribution in [3.8, 4) is 0 Å². The van der Waals surface area contributed by atoms with Gasteiger partial charge in [-0.05, 0) is 26.7 Å². The number of aryl methyl sites for hydroxylation is 2. The van der Waals surface area contributed by atoms with Crippen LogP contribution in [0.4, 0.5) is 0 Å². The van der Waals surface area contributed by atoms with Crippen LogP contribution in [0.15, 0.2) is 9.52 Å². The summed E-state index contributed by atoms with van der Waals surface area (Å²) in [6.45, 7) is 7.02. The van der Waals surface area contributed by atoms with Crippen LogP contribution in [0.5, 0.6) is 0 Å². The summed E-state index contributed by atoms with van der Waals surface area (Å²) in [4.78, 5) is 8.32. The Kier molecular flexibility index (Phi) is 12.3. The highest BCUT2D eigenvalue weighted by atomic mass is 127. The third kappa shape index (κ3) is 9.62. The van der Waals surface area contributed by atoms with E-state index in [1.165, 1.54) is 0 Å². The summed E-state index contributed by atoms with van der Waals surface area (Å²) in [6, 6.07) is 0. The van der Waals surface area contributed by atoms with Gasteiger partial charge in [-0.1, -0.05) is 5.16 Å². The fourth-order valence-corrected chi connectivity index (χ4v) is 1.63. The van der Waals surface area contributed by atoms with E-state index in [0.717, 1.165) is 51.5 Å². The molecule has 0 amide bonds. The van der Waals surface area contributed by atoms with Gasteiger partial charge in [-0.2, -0.15) is 4.98 Å². The Bertz CT molecular complexity index is 398. The summed E-state index contributed by atoms with van der Waals surface area (Å²) in [5.74, 6) is 2.17. The Morgan fingerprint density at radius 2 is 2.00 bits per heavy atom. The number of guanidine groups is 1. The van der Waals surface area contributed by atoms with E-state index in [2.05, 4.69) is 25.8 Å². The second kappa shape index (κ2) is 12.8. The summed E-state index contributed by atoms with van der Waals surface area (Å²) in [7, 11) is 1.76. The largest absolute Gasteiger partial charge is 0.382 e. The van der Waals surface area contributed by atoms with Gasteiger partial charge in [-0.3, -0.25) is 4.99 Å². The number of aromatic nitrogens is 2. The summed E-state index contributed by atoms with van der Waals surface area (Å²) in [6.07, 6.45) is 2.66. The van der Waals surface area contributed by atoms with E-state index in [1.54, 1.807) is 7.05 Å². The SMILES string of the molecule is CCOCCCNC(=NC)NCCCc1nc(C)no1.I. The number of hydrogen-bond acceptors (Lipinski definition) is 5. The minimum atomic E-state index is 0. The van der Waals surface area contributed by atoms with Crippen molar-refractivity contribution in [1.82, 2.24) is 20.8 Å². The van der Waals surface area contributed by atoms with Crippen molar-refractivity contribution in [3.05, 3.63) is 11.7 Å². The number of hydrogen-bond donors (Lipinski definition) is 2. The molecule has 1 aromatic heterocycles. The lowest BCUT2D eigenvalue weighted by molar-refractivity contribution is 0.145. The molecule has 2 N–H and O–H groups in total. The summed E-state index contributed by atoms with van der Waals surface area (Å²) < 4.78 is 10.3. The van der Waals surface area contributed by atoms with Gasteiger partial charge in [0.1, 0.15) is 0 Å². The first-order chi connectivity index (χ1) is 9.76. The quantitative estimate of drug-likeness (QED) is 0.278. The van der Waals surface area contributed by atoms with Crippen molar-refractivity contribution in [2.45, 2.75) is 33.1 Å². The van der Waals surface area contributed by atoms with E-state index in [0.29, 0.717) is 11.7 Å². The second-order valence-electron chi connectivity index (χ2n) is 4.32. The average molecular weight is 411 g/mol. The molecule has 0 aliphatic rings. The molecule has 1 heterocycles. The van der Waals surface area contributed by atoms with Crippen LogP contribution in [-0.4, -0.2) is 49.5 Å². The maximum Gasteiger partial charge on any atom is 0.226 e. The molecule has 122 valence electrons. The van der Waals surface area contributed by atoms with E-state index in [1.807, 2.05) is 13.8 Å². The zero-order valence-corrected chi connectivity index (χ0v) is 15.3. The molecule has 7 nitrogen and oxygen atoms in total. The van der Waals surface area contributed by atoms with E-state index >= 15 is 0 Å². The van der Waals surface area contributed by atoms with E-state index < -0.39 is 0 Å². The molecule has 1 aromatic rings.